The van der Waals surface area contributed by atoms with E-state index in [-0.39, 0.29) is 0 Å². The zero-order valence-corrected chi connectivity index (χ0v) is 7.94. The van der Waals surface area contributed by atoms with E-state index in [9.17, 15) is 0 Å². The van der Waals surface area contributed by atoms with Crippen molar-refractivity contribution < 1.29 is 0 Å². The van der Waals surface area contributed by atoms with Crippen LogP contribution >= 0.6 is 0 Å². The van der Waals surface area contributed by atoms with Crippen LogP contribution in [0.3, 0.4) is 0 Å². The summed E-state index contributed by atoms with van der Waals surface area (Å²) < 4.78 is 0. The van der Waals surface area contributed by atoms with Gasteiger partial charge in [-0.15, -0.1) is 0 Å². The third-order valence-corrected chi connectivity index (χ3v) is 1.99. The summed E-state index contributed by atoms with van der Waals surface area (Å²) in [6.45, 7) is 1.92. The number of hydrogen-bond donors (Lipinski definition) is 1. The molecule has 1 heterocycles. The Morgan fingerprint density at radius 1 is 1.00 bits per heavy atom. The number of anilines is 1. The Kier molecular flexibility index (Phi) is 2.14. The van der Waals surface area contributed by atoms with Crippen LogP contribution in [0.4, 0.5) is 5.69 Å². The SMILES string of the molecule is Cc1cnc(-c2ccc(N)cc2)cn1. The highest BCUT2D eigenvalue weighted by atomic mass is 14.8. The lowest BCUT2D eigenvalue weighted by Crippen LogP contribution is -1.88. The van der Waals surface area contributed by atoms with Gasteiger partial charge in [-0.05, 0) is 19.1 Å². The molecule has 1 aromatic heterocycles. The molecule has 14 heavy (non-hydrogen) atoms. The van der Waals surface area contributed by atoms with E-state index >= 15 is 0 Å². The van der Waals surface area contributed by atoms with Gasteiger partial charge in [-0.3, -0.25) is 9.97 Å². The Morgan fingerprint density at radius 3 is 2.29 bits per heavy atom. The molecule has 0 aliphatic rings. The van der Waals surface area contributed by atoms with Gasteiger partial charge in [0, 0.05) is 17.4 Å². The minimum Gasteiger partial charge on any atom is -0.399 e. The second-order valence-corrected chi connectivity index (χ2v) is 3.17. The Hall–Kier alpha value is -1.90. The van der Waals surface area contributed by atoms with Crippen LogP contribution < -0.4 is 5.73 Å². The molecule has 2 N–H and O–H groups in total. The lowest BCUT2D eigenvalue weighted by molar-refractivity contribution is 1.12. The summed E-state index contributed by atoms with van der Waals surface area (Å²) in [6, 6.07) is 7.59. The summed E-state index contributed by atoms with van der Waals surface area (Å²) in [6.07, 6.45) is 3.52. The Balaban J connectivity index is 2.40. The van der Waals surface area contributed by atoms with Gasteiger partial charge in [0.05, 0.1) is 17.6 Å². The molecule has 0 unspecified atom stereocenters. The third kappa shape index (κ3) is 1.71. The molecule has 0 saturated carbocycles. The van der Waals surface area contributed by atoms with Gasteiger partial charge >= 0.3 is 0 Å². The number of nitrogens with zero attached hydrogens (tertiary/aromatic N) is 2. The second-order valence-electron chi connectivity index (χ2n) is 3.17. The zero-order chi connectivity index (χ0) is 9.97. The molecule has 3 heteroatoms. The molecule has 1 aromatic carbocycles. The minimum atomic E-state index is 0.758. The van der Waals surface area contributed by atoms with Gasteiger partial charge in [-0.1, -0.05) is 12.1 Å². The van der Waals surface area contributed by atoms with Crippen LogP contribution in [0.2, 0.25) is 0 Å². The van der Waals surface area contributed by atoms with E-state index in [2.05, 4.69) is 9.97 Å². The zero-order valence-electron chi connectivity index (χ0n) is 7.94. The van der Waals surface area contributed by atoms with Crippen LogP contribution in [0.5, 0.6) is 0 Å². The number of nitrogen functional groups attached to an aromatic ring is 1. The lowest BCUT2D eigenvalue weighted by Gasteiger charge is -2.00. The van der Waals surface area contributed by atoms with Crippen molar-refractivity contribution in [3.05, 3.63) is 42.4 Å². The highest BCUT2D eigenvalue weighted by Crippen LogP contribution is 2.16. The summed E-state index contributed by atoms with van der Waals surface area (Å²) in [4.78, 5) is 8.46. The van der Waals surface area contributed by atoms with Crippen molar-refractivity contribution >= 4 is 5.69 Å². The summed E-state index contributed by atoms with van der Waals surface area (Å²) in [5, 5.41) is 0. The number of hydrogen-bond acceptors (Lipinski definition) is 3. The molecule has 70 valence electrons. The first-order chi connectivity index (χ1) is 6.75. The Labute approximate surface area is 82.6 Å². The van der Waals surface area contributed by atoms with Crippen LogP contribution in [0.15, 0.2) is 36.7 Å². The Bertz CT molecular complexity index is 374. The van der Waals surface area contributed by atoms with E-state index in [1.54, 1.807) is 12.4 Å². The first kappa shape index (κ1) is 8.69. The van der Waals surface area contributed by atoms with E-state index in [0.29, 0.717) is 0 Å². The summed E-state index contributed by atoms with van der Waals surface area (Å²) in [5.41, 5.74) is 9.18. The fourth-order valence-electron chi connectivity index (χ4n) is 1.20. The van der Waals surface area contributed by atoms with E-state index in [1.165, 1.54) is 0 Å². The highest BCUT2D eigenvalue weighted by Gasteiger charge is 1.98. The normalized spacial score (nSPS) is 10.1. The first-order valence-electron chi connectivity index (χ1n) is 4.40. The Morgan fingerprint density at radius 2 is 1.71 bits per heavy atom. The summed E-state index contributed by atoms with van der Waals surface area (Å²) in [7, 11) is 0. The van der Waals surface area contributed by atoms with Gasteiger partial charge < -0.3 is 5.73 Å². The minimum absolute atomic E-state index is 0.758. The molecule has 2 aromatic rings. The smallest absolute Gasteiger partial charge is 0.0885 e. The van der Waals surface area contributed by atoms with Gasteiger partial charge in [0.2, 0.25) is 0 Å². The maximum Gasteiger partial charge on any atom is 0.0885 e. The second kappa shape index (κ2) is 3.46. The van der Waals surface area contributed by atoms with Crippen molar-refractivity contribution in [3.63, 3.8) is 0 Å². The van der Waals surface area contributed by atoms with Gasteiger partial charge in [0.1, 0.15) is 0 Å². The average Bonchev–Trinajstić information content (AvgIpc) is 2.21. The number of rotatable bonds is 1. The van der Waals surface area contributed by atoms with Crippen LogP contribution in [0, 0.1) is 6.92 Å². The van der Waals surface area contributed by atoms with Gasteiger partial charge in [-0.2, -0.15) is 0 Å². The monoisotopic (exact) mass is 185 g/mol. The molecule has 0 aliphatic carbocycles. The maximum atomic E-state index is 5.59. The van der Waals surface area contributed by atoms with Crippen molar-refractivity contribution in [2.75, 3.05) is 5.73 Å². The van der Waals surface area contributed by atoms with E-state index in [1.807, 2.05) is 31.2 Å². The molecular formula is C11H11N3. The molecule has 0 aliphatic heterocycles. The largest absolute Gasteiger partial charge is 0.399 e. The molecule has 0 atom stereocenters. The van der Waals surface area contributed by atoms with Crippen LogP contribution in [-0.4, -0.2) is 9.97 Å². The molecule has 0 saturated heterocycles. The van der Waals surface area contributed by atoms with E-state index < -0.39 is 0 Å². The molecule has 0 bridgehead atoms. The van der Waals surface area contributed by atoms with Crippen LogP contribution in [-0.2, 0) is 0 Å². The van der Waals surface area contributed by atoms with Crippen molar-refractivity contribution in [3.8, 4) is 11.3 Å². The van der Waals surface area contributed by atoms with Gasteiger partial charge in [0.25, 0.3) is 0 Å². The molecule has 0 radical (unpaired) electrons. The van der Waals surface area contributed by atoms with Crippen molar-refractivity contribution in [1.82, 2.24) is 9.97 Å². The average molecular weight is 185 g/mol. The van der Waals surface area contributed by atoms with Gasteiger partial charge in [-0.25, -0.2) is 0 Å². The van der Waals surface area contributed by atoms with Crippen LogP contribution in [0.1, 0.15) is 5.69 Å². The maximum absolute atomic E-state index is 5.59. The van der Waals surface area contributed by atoms with Crippen molar-refractivity contribution in [1.29, 1.82) is 0 Å². The predicted octanol–water partition coefficient (Wildman–Crippen LogP) is 2.03. The van der Waals surface area contributed by atoms with Gasteiger partial charge in [0.15, 0.2) is 0 Å². The van der Waals surface area contributed by atoms with Crippen molar-refractivity contribution in [2.24, 2.45) is 0 Å². The summed E-state index contributed by atoms with van der Waals surface area (Å²) in [5.74, 6) is 0. The number of benzene rings is 1. The number of aromatic nitrogens is 2. The molecule has 3 nitrogen and oxygen atoms in total. The molecule has 0 amide bonds. The molecule has 2 rings (SSSR count). The first-order valence-corrected chi connectivity index (χ1v) is 4.40. The third-order valence-electron chi connectivity index (χ3n) is 1.99. The fraction of sp³-hybridized carbons (Fsp3) is 0.0909. The number of aryl methyl sites for hydroxylation is 1. The number of nitrogens with two attached hydrogens (primary N) is 1. The van der Waals surface area contributed by atoms with E-state index in [4.69, 9.17) is 5.73 Å². The van der Waals surface area contributed by atoms with E-state index in [0.717, 1.165) is 22.6 Å². The summed E-state index contributed by atoms with van der Waals surface area (Å²) >= 11 is 0. The predicted molar refractivity (Wildman–Crippen MR) is 56.6 cm³/mol. The lowest BCUT2D eigenvalue weighted by atomic mass is 10.1. The molecule has 0 fully saturated rings. The van der Waals surface area contributed by atoms with Crippen molar-refractivity contribution in [2.45, 2.75) is 6.92 Å². The quantitative estimate of drug-likeness (QED) is 0.691. The standard InChI is InChI=1S/C11H11N3/c1-8-6-14-11(7-13-8)9-2-4-10(12)5-3-9/h2-7H,12H2,1H3. The fourth-order valence-corrected chi connectivity index (χ4v) is 1.20. The highest BCUT2D eigenvalue weighted by molar-refractivity contribution is 5.60. The molecular weight excluding hydrogens is 174 g/mol. The topological polar surface area (TPSA) is 51.8 Å². The molecule has 0 spiro atoms. The van der Waals surface area contributed by atoms with Crippen LogP contribution in [0.25, 0.3) is 11.3 Å².